The summed E-state index contributed by atoms with van der Waals surface area (Å²) in [4.78, 5) is 0. The first-order valence-corrected chi connectivity index (χ1v) is 5.02. The van der Waals surface area contributed by atoms with Crippen molar-refractivity contribution >= 4 is 0 Å². The molecule has 0 atom stereocenters. The van der Waals surface area contributed by atoms with E-state index in [1.54, 1.807) is 0 Å². The van der Waals surface area contributed by atoms with Gasteiger partial charge in [-0.3, -0.25) is 0 Å². The molecule has 0 saturated carbocycles. The smallest absolute Gasteiger partial charge is 0.0599 e. The molecule has 0 bridgehead atoms. The Hall–Kier alpha value is -0.120. The molecule has 3 heteroatoms. The Balaban J connectivity index is 3.00. The molecule has 0 spiro atoms. The molecular weight excluding hydrogens is 166 g/mol. The summed E-state index contributed by atoms with van der Waals surface area (Å²) in [6.07, 6.45) is 1.92. The number of aliphatic hydroxyl groups is 1. The molecular formula is C10H23NO2. The molecule has 0 radical (unpaired) electrons. The second-order valence-electron chi connectivity index (χ2n) is 4.14. The molecule has 0 aliphatic rings. The van der Waals surface area contributed by atoms with Crippen molar-refractivity contribution in [1.29, 1.82) is 0 Å². The lowest BCUT2D eigenvalue weighted by Crippen LogP contribution is -2.27. The van der Waals surface area contributed by atoms with Crippen LogP contribution in [-0.2, 0) is 4.74 Å². The second-order valence-corrected chi connectivity index (χ2v) is 4.14. The van der Waals surface area contributed by atoms with E-state index in [0.717, 1.165) is 32.5 Å². The van der Waals surface area contributed by atoms with Gasteiger partial charge in [-0.15, -0.1) is 0 Å². The number of nitrogens with one attached hydrogen (secondary N) is 1. The highest BCUT2D eigenvalue weighted by molar-refractivity contribution is 4.59. The van der Waals surface area contributed by atoms with Crippen LogP contribution in [0.2, 0.25) is 0 Å². The maximum absolute atomic E-state index is 8.52. The fourth-order valence-corrected chi connectivity index (χ4v) is 0.916. The van der Waals surface area contributed by atoms with Gasteiger partial charge in [0, 0.05) is 13.2 Å². The van der Waals surface area contributed by atoms with Gasteiger partial charge < -0.3 is 15.2 Å². The quantitative estimate of drug-likeness (QED) is 0.591. The summed E-state index contributed by atoms with van der Waals surface area (Å²) < 4.78 is 5.52. The van der Waals surface area contributed by atoms with E-state index in [4.69, 9.17) is 9.84 Å². The molecule has 0 unspecified atom stereocenters. The summed E-state index contributed by atoms with van der Waals surface area (Å²) >= 11 is 0. The van der Waals surface area contributed by atoms with Gasteiger partial charge in [0.25, 0.3) is 0 Å². The van der Waals surface area contributed by atoms with Crippen molar-refractivity contribution in [2.24, 2.45) is 0 Å². The van der Waals surface area contributed by atoms with Crippen LogP contribution in [0.15, 0.2) is 0 Å². The van der Waals surface area contributed by atoms with E-state index in [1.165, 1.54) is 0 Å². The van der Waals surface area contributed by atoms with Gasteiger partial charge in [-0.25, -0.2) is 0 Å². The molecule has 0 aromatic carbocycles. The molecule has 80 valence electrons. The third kappa shape index (κ3) is 11.9. The Morgan fingerprint density at radius 2 is 1.85 bits per heavy atom. The minimum atomic E-state index is -0.0349. The monoisotopic (exact) mass is 189 g/mol. The van der Waals surface area contributed by atoms with Gasteiger partial charge in [0.2, 0.25) is 0 Å². The highest BCUT2D eigenvalue weighted by atomic mass is 16.5. The van der Waals surface area contributed by atoms with E-state index in [0.29, 0.717) is 6.61 Å². The number of ether oxygens (including phenoxy) is 1. The SMILES string of the molecule is CC(C)(C)OCCNCCCCO. The number of hydrogen-bond donors (Lipinski definition) is 2. The maximum atomic E-state index is 8.52. The predicted octanol–water partition coefficient (Wildman–Crippen LogP) is 1.16. The summed E-state index contributed by atoms with van der Waals surface area (Å²) in [5.41, 5.74) is -0.0349. The van der Waals surface area contributed by atoms with Gasteiger partial charge in [-0.2, -0.15) is 0 Å². The molecule has 0 fully saturated rings. The first kappa shape index (κ1) is 12.9. The molecule has 0 rings (SSSR count). The zero-order valence-electron chi connectivity index (χ0n) is 9.10. The van der Waals surface area contributed by atoms with E-state index in [9.17, 15) is 0 Å². The molecule has 0 aromatic heterocycles. The number of aliphatic hydroxyl groups excluding tert-OH is 1. The van der Waals surface area contributed by atoms with Gasteiger partial charge in [0.15, 0.2) is 0 Å². The summed E-state index contributed by atoms with van der Waals surface area (Å²) in [6, 6.07) is 0. The molecule has 0 aliphatic carbocycles. The topological polar surface area (TPSA) is 41.5 Å². The number of hydrogen-bond acceptors (Lipinski definition) is 3. The molecule has 2 N–H and O–H groups in total. The largest absolute Gasteiger partial charge is 0.396 e. The molecule has 0 saturated heterocycles. The third-order valence-electron chi connectivity index (χ3n) is 1.58. The van der Waals surface area contributed by atoms with Gasteiger partial charge in [-0.1, -0.05) is 0 Å². The van der Waals surface area contributed by atoms with Crippen LogP contribution in [0.1, 0.15) is 33.6 Å². The Morgan fingerprint density at radius 3 is 2.38 bits per heavy atom. The standard InChI is InChI=1S/C10H23NO2/c1-10(2,3)13-9-7-11-6-4-5-8-12/h11-12H,4-9H2,1-3H3. The summed E-state index contributed by atoms with van der Waals surface area (Å²) in [6.45, 7) is 9.07. The van der Waals surface area contributed by atoms with Crippen LogP contribution in [0.4, 0.5) is 0 Å². The van der Waals surface area contributed by atoms with Crippen LogP contribution in [0.3, 0.4) is 0 Å². The average Bonchev–Trinajstić information content (AvgIpc) is 2.01. The second kappa shape index (κ2) is 7.30. The van der Waals surface area contributed by atoms with Crippen LogP contribution in [0.25, 0.3) is 0 Å². The van der Waals surface area contributed by atoms with Crippen LogP contribution in [-0.4, -0.2) is 37.0 Å². The van der Waals surface area contributed by atoms with Crippen molar-refractivity contribution < 1.29 is 9.84 Å². The Labute approximate surface area is 81.5 Å². The first-order chi connectivity index (χ1) is 6.06. The van der Waals surface area contributed by atoms with Crippen LogP contribution in [0, 0.1) is 0 Å². The summed E-state index contributed by atoms with van der Waals surface area (Å²) in [7, 11) is 0. The van der Waals surface area contributed by atoms with E-state index < -0.39 is 0 Å². The van der Waals surface area contributed by atoms with Crippen molar-refractivity contribution in [1.82, 2.24) is 5.32 Å². The number of unbranched alkanes of at least 4 members (excludes halogenated alkanes) is 1. The van der Waals surface area contributed by atoms with Crippen LogP contribution < -0.4 is 5.32 Å². The van der Waals surface area contributed by atoms with Crippen molar-refractivity contribution in [2.75, 3.05) is 26.3 Å². The van der Waals surface area contributed by atoms with E-state index in [-0.39, 0.29) is 5.60 Å². The molecule has 13 heavy (non-hydrogen) atoms. The molecule has 0 heterocycles. The normalized spacial score (nSPS) is 12.0. The Morgan fingerprint density at radius 1 is 1.15 bits per heavy atom. The van der Waals surface area contributed by atoms with Gasteiger partial charge in [0.05, 0.1) is 12.2 Å². The zero-order chi connectivity index (χ0) is 10.2. The molecule has 0 aromatic rings. The van der Waals surface area contributed by atoms with E-state index in [2.05, 4.69) is 26.1 Å². The number of rotatable bonds is 7. The Bertz CT molecular complexity index is 110. The van der Waals surface area contributed by atoms with Gasteiger partial charge >= 0.3 is 0 Å². The fraction of sp³-hybridized carbons (Fsp3) is 1.00. The fourth-order valence-electron chi connectivity index (χ4n) is 0.916. The lowest BCUT2D eigenvalue weighted by atomic mass is 10.2. The minimum Gasteiger partial charge on any atom is -0.396 e. The highest BCUT2D eigenvalue weighted by Crippen LogP contribution is 2.04. The predicted molar refractivity (Wildman–Crippen MR) is 54.9 cm³/mol. The van der Waals surface area contributed by atoms with E-state index in [1.807, 2.05) is 0 Å². The average molecular weight is 189 g/mol. The minimum absolute atomic E-state index is 0.0349. The first-order valence-electron chi connectivity index (χ1n) is 5.02. The Kier molecular flexibility index (Phi) is 7.23. The molecule has 0 amide bonds. The van der Waals surface area contributed by atoms with Crippen LogP contribution in [0.5, 0.6) is 0 Å². The van der Waals surface area contributed by atoms with E-state index >= 15 is 0 Å². The lowest BCUT2D eigenvalue weighted by Gasteiger charge is -2.19. The van der Waals surface area contributed by atoms with Crippen molar-refractivity contribution in [2.45, 2.75) is 39.2 Å². The molecule has 3 nitrogen and oxygen atoms in total. The summed E-state index contributed by atoms with van der Waals surface area (Å²) in [5, 5.41) is 11.8. The van der Waals surface area contributed by atoms with Crippen molar-refractivity contribution in [3.63, 3.8) is 0 Å². The zero-order valence-corrected chi connectivity index (χ0v) is 9.10. The lowest BCUT2D eigenvalue weighted by molar-refractivity contribution is -0.000766. The van der Waals surface area contributed by atoms with Crippen LogP contribution >= 0.6 is 0 Å². The van der Waals surface area contributed by atoms with Gasteiger partial charge in [0.1, 0.15) is 0 Å². The van der Waals surface area contributed by atoms with Crippen molar-refractivity contribution in [3.8, 4) is 0 Å². The maximum Gasteiger partial charge on any atom is 0.0599 e. The van der Waals surface area contributed by atoms with Gasteiger partial charge in [-0.05, 0) is 40.2 Å². The summed E-state index contributed by atoms with van der Waals surface area (Å²) in [5.74, 6) is 0. The van der Waals surface area contributed by atoms with Crippen molar-refractivity contribution in [3.05, 3.63) is 0 Å². The third-order valence-corrected chi connectivity index (χ3v) is 1.58. The highest BCUT2D eigenvalue weighted by Gasteiger charge is 2.08. The molecule has 0 aliphatic heterocycles.